The van der Waals surface area contributed by atoms with Crippen molar-refractivity contribution < 1.29 is 9.53 Å². The van der Waals surface area contributed by atoms with E-state index >= 15 is 0 Å². The topological polar surface area (TPSA) is 42.4 Å². The molecule has 0 aliphatic heterocycles. The molecule has 1 heterocycles. The number of carbonyl (C=O) groups is 1. The van der Waals surface area contributed by atoms with Crippen molar-refractivity contribution in [3.05, 3.63) is 60.2 Å². The molecule has 0 fully saturated rings. The van der Waals surface area contributed by atoms with Crippen LogP contribution in [0, 0.1) is 0 Å². The summed E-state index contributed by atoms with van der Waals surface area (Å²) in [7, 11) is 1.66. The molecule has 3 aromatic rings. The van der Waals surface area contributed by atoms with Crippen molar-refractivity contribution >= 4 is 16.8 Å². The lowest BCUT2D eigenvalue weighted by molar-refractivity contribution is 0.0751. The number of fused-ring (bicyclic) bond motifs is 1. The number of amides is 1. The molecule has 4 heteroatoms. The molecule has 0 saturated heterocycles. The molecule has 0 saturated carbocycles. The van der Waals surface area contributed by atoms with Gasteiger partial charge in [0.25, 0.3) is 5.91 Å². The third kappa shape index (κ3) is 6.80. The summed E-state index contributed by atoms with van der Waals surface area (Å²) < 4.78 is 5.41. The number of methoxy groups -OCH3 is 1. The van der Waals surface area contributed by atoms with Gasteiger partial charge in [-0.05, 0) is 37.1 Å². The van der Waals surface area contributed by atoms with E-state index < -0.39 is 0 Å². The quantitative estimate of drug-likeness (QED) is 0.255. The van der Waals surface area contributed by atoms with Crippen LogP contribution < -0.4 is 4.74 Å². The Labute approximate surface area is 199 Å². The maximum atomic E-state index is 13.9. The number of para-hydroxylation sites is 1. The summed E-state index contributed by atoms with van der Waals surface area (Å²) in [4.78, 5) is 20.8. The van der Waals surface area contributed by atoms with E-state index in [0.29, 0.717) is 0 Å². The highest BCUT2D eigenvalue weighted by atomic mass is 16.5. The van der Waals surface area contributed by atoms with Gasteiger partial charge in [-0.3, -0.25) is 4.79 Å². The highest BCUT2D eigenvalue weighted by Gasteiger charge is 2.20. The van der Waals surface area contributed by atoms with Crippen molar-refractivity contribution in [2.45, 2.75) is 65.2 Å². The van der Waals surface area contributed by atoms with Crippen LogP contribution in [0.5, 0.6) is 5.75 Å². The number of carbonyl (C=O) groups excluding carboxylic acids is 1. The molecule has 0 aliphatic carbocycles. The van der Waals surface area contributed by atoms with Gasteiger partial charge in [-0.25, -0.2) is 4.98 Å². The molecule has 4 nitrogen and oxygen atoms in total. The van der Waals surface area contributed by atoms with Crippen LogP contribution in [0.25, 0.3) is 22.2 Å². The number of pyridine rings is 1. The van der Waals surface area contributed by atoms with Gasteiger partial charge in [0.05, 0.1) is 23.9 Å². The van der Waals surface area contributed by atoms with E-state index in [9.17, 15) is 4.79 Å². The van der Waals surface area contributed by atoms with Gasteiger partial charge in [0.15, 0.2) is 0 Å². The number of ether oxygens (including phenoxy) is 1. The van der Waals surface area contributed by atoms with Crippen LogP contribution in [0.4, 0.5) is 0 Å². The van der Waals surface area contributed by atoms with Crippen LogP contribution in [0.15, 0.2) is 54.6 Å². The molecule has 0 spiro atoms. The number of aromatic nitrogens is 1. The fourth-order valence-corrected chi connectivity index (χ4v) is 4.23. The van der Waals surface area contributed by atoms with Crippen LogP contribution in [0.2, 0.25) is 0 Å². The second-order valence-electron chi connectivity index (χ2n) is 8.72. The fourth-order valence-electron chi connectivity index (χ4n) is 4.23. The second-order valence-corrected chi connectivity index (χ2v) is 8.72. The van der Waals surface area contributed by atoms with Gasteiger partial charge in [-0.2, -0.15) is 0 Å². The fraction of sp³-hybridized carbons (Fsp3) is 0.448. The minimum Gasteiger partial charge on any atom is -0.497 e. The summed E-state index contributed by atoms with van der Waals surface area (Å²) in [6.45, 7) is 6.07. The molecule has 0 unspecified atom stereocenters. The van der Waals surface area contributed by atoms with Gasteiger partial charge in [-0.1, -0.05) is 82.7 Å². The number of rotatable bonds is 13. The predicted molar refractivity (Wildman–Crippen MR) is 138 cm³/mol. The zero-order chi connectivity index (χ0) is 23.5. The molecule has 0 radical (unpaired) electrons. The summed E-state index contributed by atoms with van der Waals surface area (Å²) >= 11 is 0. The van der Waals surface area contributed by atoms with Gasteiger partial charge >= 0.3 is 0 Å². The van der Waals surface area contributed by atoms with Crippen molar-refractivity contribution in [1.29, 1.82) is 0 Å². The Hall–Kier alpha value is -2.88. The van der Waals surface area contributed by atoms with Crippen molar-refractivity contribution in [3.63, 3.8) is 0 Å². The van der Waals surface area contributed by atoms with Gasteiger partial charge < -0.3 is 9.64 Å². The molecule has 176 valence electrons. The first-order valence-electron chi connectivity index (χ1n) is 12.5. The SMILES string of the molecule is CCCCCCN(CCCCCC)C(=O)c1cc(-c2cccc(OC)c2)nc2ccccc12. The Morgan fingerprint density at radius 3 is 2.21 bits per heavy atom. The average Bonchev–Trinajstić information content (AvgIpc) is 2.86. The van der Waals surface area contributed by atoms with Crippen molar-refractivity contribution in [3.8, 4) is 17.0 Å². The minimum atomic E-state index is 0.116. The molecule has 0 aliphatic rings. The molecule has 0 bridgehead atoms. The Morgan fingerprint density at radius 2 is 1.55 bits per heavy atom. The number of hydrogen-bond donors (Lipinski definition) is 0. The zero-order valence-electron chi connectivity index (χ0n) is 20.5. The van der Waals surface area contributed by atoms with E-state index in [2.05, 4.69) is 18.7 Å². The van der Waals surface area contributed by atoms with Crippen LogP contribution in [-0.4, -0.2) is 36.0 Å². The van der Waals surface area contributed by atoms with E-state index in [1.165, 1.54) is 38.5 Å². The Balaban J connectivity index is 1.95. The second kappa shape index (κ2) is 13.0. The van der Waals surface area contributed by atoms with Crippen LogP contribution in [0.1, 0.15) is 75.6 Å². The number of benzene rings is 2. The summed E-state index contributed by atoms with van der Waals surface area (Å²) in [5.74, 6) is 0.898. The molecule has 3 rings (SSSR count). The lowest BCUT2D eigenvalue weighted by Gasteiger charge is -2.24. The normalized spacial score (nSPS) is 11.0. The van der Waals surface area contributed by atoms with Gasteiger partial charge in [0.2, 0.25) is 0 Å². The predicted octanol–water partition coefficient (Wildman–Crippen LogP) is 7.51. The van der Waals surface area contributed by atoms with E-state index in [1.807, 2.05) is 54.6 Å². The van der Waals surface area contributed by atoms with Crippen LogP contribution >= 0.6 is 0 Å². The monoisotopic (exact) mass is 446 g/mol. The van der Waals surface area contributed by atoms with Gasteiger partial charge in [-0.15, -0.1) is 0 Å². The number of hydrogen-bond acceptors (Lipinski definition) is 3. The van der Waals surface area contributed by atoms with Gasteiger partial charge in [0.1, 0.15) is 5.75 Å². The molecule has 0 atom stereocenters. The van der Waals surface area contributed by atoms with E-state index in [0.717, 1.165) is 59.4 Å². The Bertz CT molecular complexity index is 1020. The number of unbranched alkanes of at least 4 members (excludes halogenated alkanes) is 6. The average molecular weight is 447 g/mol. The molecular weight excluding hydrogens is 408 g/mol. The first kappa shape index (κ1) is 24.8. The first-order valence-corrected chi connectivity index (χ1v) is 12.5. The molecular formula is C29H38N2O2. The lowest BCUT2D eigenvalue weighted by atomic mass is 10.0. The third-order valence-electron chi connectivity index (χ3n) is 6.16. The van der Waals surface area contributed by atoms with Crippen molar-refractivity contribution in [2.24, 2.45) is 0 Å². The number of nitrogens with zero attached hydrogens (tertiary/aromatic N) is 2. The Kier molecular flexibility index (Phi) is 9.74. The maximum absolute atomic E-state index is 13.9. The zero-order valence-corrected chi connectivity index (χ0v) is 20.5. The van der Waals surface area contributed by atoms with Crippen molar-refractivity contribution in [2.75, 3.05) is 20.2 Å². The summed E-state index contributed by atoms with van der Waals surface area (Å²) in [6, 6.07) is 17.8. The van der Waals surface area contributed by atoms with Crippen LogP contribution in [0.3, 0.4) is 0 Å². The summed E-state index contributed by atoms with van der Waals surface area (Å²) in [5.41, 5.74) is 3.34. The molecule has 2 aromatic carbocycles. The molecule has 1 aromatic heterocycles. The summed E-state index contributed by atoms with van der Waals surface area (Å²) in [5, 5.41) is 0.918. The molecule has 1 amide bonds. The van der Waals surface area contributed by atoms with Crippen LogP contribution in [-0.2, 0) is 0 Å². The van der Waals surface area contributed by atoms with E-state index in [1.54, 1.807) is 7.11 Å². The van der Waals surface area contributed by atoms with Gasteiger partial charge in [0, 0.05) is 24.0 Å². The molecule has 0 N–H and O–H groups in total. The molecule has 33 heavy (non-hydrogen) atoms. The highest BCUT2D eigenvalue weighted by molar-refractivity contribution is 6.07. The smallest absolute Gasteiger partial charge is 0.254 e. The standard InChI is InChI=1S/C29H38N2O2/c1-4-6-8-12-19-31(20-13-9-7-5-2)29(32)26-22-28(23-15-14-16-24(21-23)33-3)30-27-18-11-10-17-25(26)27/h10-11,14-18,21-22H,4-9,12-13,19-20H2,1-3H3. The highest BCUT2D eigenvalue weighted by Crippen LogP contribution is 2.28. The Morgan fingerprint density at radius 1 is 0.848 bits per heavy atom. The summed E-state index contributed by atoms with van der Waals surface area (Å²) in [6.07, 6.45) is 9.28. The van der Waals surface area contributed by atoms with E-state index in [-0.39, 0.29) is 5.91 Å². The third-order valence-corrected chi connectivity index (χ3v) is 6.16. The largest absolute Gasteiger partial charge is 0.497 e. The van der Waals surface area contributed by atoms with E-state index in [4.69, 9.17) is 9.72 Å². The minimum absolute atomic E-state index is 0.116. The first-order chi connectivity index (χ1) is 16.2. The lowest BCUT2D eigenvalue weighted by Crippen LogP contribution is -2.33. The van der Waals surface area contributed by atoms with Crippen molar-refractivity contribution in [1.82, 2.24) is 9.88 Å². The maximum Gasteiger partial charge on any atom is 0.254 e.